The van der Waals surface area contributed by atoms with Crippen LogP contribution in [0.15, 0.2) is 53.4 Å². The average molecular weight is 428 g/mol. The second-order valence-electron chi connectivity index (χ2n) is 8.02. The molecular formula is C23H29N3O3S. The number of anilines is 2. The standard InChI is InChI=1S/C23H29N3O3S/c27-23(24-20-10-4-1-5-11-20)19-12-13-21(25-14-6-2-7-15-25)22(18-19)30(28,29)26-16-8-3-9-17-26/h1,4-5,10-13,18H,2-3,6-9,14-17H2,(H,24,27). The minimum Gasteiger partial charge on any atom is -0.370 e. The van der Waals surface area contributed by atoms with E-state index in [0.717, 1.165) is 50.9 Å². The summed E-state index contributed by atoms with van der Waals surface area (Å²) in [5, 5.41) is 2.85. The molecule has 2 saturated heterocycles. The molecule has 0 spiro atoms. The molecule has 0 bridgehead atoms. The van der Waals surface area contributed by atoms with Gasteiger partial charge >= 0.3 is 0 Å². The molecule has 1 N–H and O–H groups in total. The largest absolute Gasteiger partial charge is 0.370 e. The lowest BCUT2D eigenvalue weighted by Crippen LogP contribution is -2.37. The predicted molar refractivity (Wildman–Crippen MR) is 120 cm³/mol. The Labute approximate surface area is 178 Å². The first-order valence-electron chi connectivity index (χ1n) is 10.8. The zero-order valence-corrected chi connectivity index (χ0v) is 18.0. The van der Waals surface area contributed by atoms with Crippen LogP contribution in [0.3, 0.4) is 0 Å². The smallest absolute Gasteiger partial charge is 0.255 e. The van der Waals surface area contributed by atoms with E-state index in [9.17, 15) is 13.2 Å². The summed E-state index contributed by atoms with van der Waals surface area (Å²) in [6, 6.07) is 14.3. The number of carbonyl (C=O) groups is 1. The van der Waals surface area contributed by atoms with Crippen molar-refractivity contribution in [3.8, 4) is 0 Å². The molecule has 0 unspecified atom stereocenters. The maximum absolute atomic E-state index is 13.6. The first-order valence-corrected chi connectivity index (χ1v) is 12.3. The van der Waals surface area contributed by atoms with Gasteiger partial charge in [-0.1, -0.05) is 24.6 Å². The van der Waals surface area contributed by atoms with Crippen LogP contribution in [0, 0.1) is 0 Å². The summed E-state index contributed by atoms with van der Waals surface area (Å²) < 4.78 is 28.7. The predicted octanol–water partition coefficient (Wildman–Crippen LogP) is 4.10. The molecule has 0 saturated carbocycles. The maximum atomic E-state index is 13.6. The van der Waals surface area contributed by atoms with Crippen LogP contribution >= 0.6 is 0 Å². The van der Waals surface area contributed by atoms with E-state index >= 15 is 0 Å². The van der Waals surface area contributed by atoms with Crippen molar-refractivity contribution in [2.45, 2.75) is 43.4 Å². The quantitative estimate of drug-likeness (QED) is 0.780. The first-order chi connectivity index (χ1) is 14.6. The van der Waals surface area contributed by atoms with Crippen molar-refractivity contribution in [3.05, 3.63) is 54.1 Å². The highest BCUT2D eigenvalue weighted by Gasteiger charge is 2.31. The van der Waals surface area contributed by atoms with Gasteiger partial charge in [0.15, 0.2) is 0 Å². The molecule has 0 atom stereocenters. The van der Waals surface area contributed by atoms with Crippen LogP contribution in [0.25, 0.3) is 0 Å². The second-order valence-corrected chi connectivity index (χ2v) is 9.92. The molecule has 2 aromatic rings. The van der Waals surface area contributed by atoms with Crippen molar-refractivity contribution in [1.29, 1.82) is 0 Å². The monoisotopic (exact) mass is 427 g/mol. The average Bonchev–Trinajstić information content (AvgIpc) is 2.80. The van der Waals surface area contributed by atoms with Gasteiger partial charge in [-0.15, -0.1) is 0 Å². The van der Waals surface area contributed by atoms with Crippen LogP contribution in [0.4, 0.5) is 11.4 Å². The Balaban J connectivity index is 1.70. The first kappa shape index (κ1) is 20.9. The van der Waals surface area contributed by atoms with E-state index in [0.29, 0.717) is 24.3 Å². The summed E-state index contributed by atoms with van der Waals surface area (Å²) in [5.74, 6) is -0.304. The molecule has 0 radical (unpaired) electrons. The van der Waals surface area contributed by atoms with Crippen molar-refractivity contribution >= 4 is 27.3 Å². The number of nitrogens with one attached hydrogen (secondary N) is 1. The fraction of sp³-hybridized carbons (Fsp3) is 0.435. The van der Waals surface area contributed by atoms with E-state index in [2.05, 4.69) is 10.2 Å². The summed E-state index contributed by atoms with van der Waals surface area (Å²) in [6.45, 7) is 2.78. The number of carbonyl (C=O) groups excluding carboxylic acids is 1. The van der Waals surface area contributed by atoms with Crippen LogP contribution < -0.4 is 10.2 Å². The zero-order chi connectivity index (χ0) is 21.0. The molecular weight excluding hydrogens is 398 g/mol. The topological polar surface area (TPSA) is 69.7 Å². The Hall–Kier alpha value is -2.38. The summed E-state index contributed by atoms with van der Waals surface area (Å²) >= 11 is 0. The van der Waals surface area contributed by atoms with Crippen molar-refractivity contribution < 1.29 is 13.2 Å². The minimum absolute atomic E-state index is 0.256. The van der Waals surface area contributed by atoms with Crippen molar-refractivity contribution in [2.75, 3.05) is 36.4 Å². The number of nitrogens with zero attached hydrogens (tertiary/aromatic N) is 2. The van der Waals surface area contributed by atoms with E-state index in [1.807, 2.05) is 36.4 Å². The van der Waals surface area contributed by atoms with Crippen LogP contribution in [0.1, 0.15) is 48.9 Å². The molecule has 2 heterocycles. The van der Waals surface area contributed by atoms with Gasteiger partial charge in [0.25, 0.3) is 5.91 Å². The number of benzene rings is 2. The summed E-state index contributed by atoms with van der Waals surface area (Å²) in [5.41, 5.74) is 1.76. The van der Waals surface area contributed by atoms with Crippen molar-refractivity contribution in [2.24, 2.45) is 0 Å². The van der Waals surface area contributed by atoms with E-state index in [4.69, 9.17) is 0 Å². The molecule has 2 aromatic carbocycles. The molecule has 6 nitrogen and oxygen atoms in total. The number of amides is 1. The van der Waals surface area contributed by atoms with Gasteiger partial charge in [-0.25, -0.2) is 8.42 Å². The lowest BCUT2D eigenvalue weighted by molar-refractivity contribution is 0.102. The van der Waals surface area contributed by atoms with Crippen molar-refractivity contribution in [3.63, 3.8) is 0 Å². The minimum atomic E-state index is -3.66. The normalized spacial score (nSPS) is 18.2. The number of hydrogen-bond acceptors (Lipinski definition) is 4. The molecule has 1 amide bonds. The number of para-hydroxylation sites is 1. The van der Waals surface area contributed by atoms with Gasteiger partial charge in [0.05, 0.1) is 5.69 Å². The fourth-order valence-electron chi connectivity index (χ4n) is 4.23. The van der Waals surface area contributed by atoms with Gasteiger partial charge in [-0.3, -0.25) is 4.79 Å². The number of hydrogen-bond donors (Lipinski definition) is 1. The van der Waals surface area contributed by atoms with E-state index in [-0.39, 0.29) is 10.8 Å². The number of sulfonamides is 1. The van der Waals surface area contributed by atoms with Crippen LogP contribution in [-0.2, 0) is 10.0 Å². The molecule has 4 rings (SSSR count). The third-order valence-electron chi connectivity index (χ3n) is 5.88. The number of rotatable bonds is 5. The highest BCUT2D eigenvalue weighted by Crippen LogP contribution is 2.32. The highest BCUT2D eigenvalue weighted by atomic mass is 32.2. The van der Waals surface area contributed by atoms with Gasteiger partial charge < -0.3 is 10.2 Å². The Morgan fingerprint density at radius 2 is 1.43 bits per heavy atom. The maximum Gasteiger partial charge on any atom is 0.255 e. The third kappa shape index (κ3) is 4.52. The SMILES string of the molecule is O=C(Nc1ccccc1)c1ccc(N2CCCCC2)c(S(=O)(=O)N2CCCCC2)c1. The van der Waals surface area contributed by atoms with E-state index in [1.54, 1.807) is 16.4 Å². The van der Waals surface area contributed by atoms with Crippen LogP contribution in [-0.4, -0.2) is 44.8 Å². The molecule has 7 heteroatoms. The molecule has 2 aliphatic rings. The third-order valence-corrected chi connectivity index (χ3v) is 7.81. The summed E-state index contributed by atoms with van der Waals surface area (Å²) in [6.07, 6.45) is 6.10. The molecule has 160 valence electrons. The molecule has 30 heavy (non-hydrogen) atoms. The van der Waals surface area contributed by atoms with Gasteiger partial charge in [-0.2, -0.15) is 4.31 Å². The number of piperidine rings is 2. The van der Waals surface area contributed by atoms with Gasteiger partial charge in [0.1, 0.15) is 4.90 Å². The summed E-state index contributed by atoms with van der Waals surface area (Å²) in [4.78, 5) is 15.2. The fourth-order valence-corrected chi connectivity index (χ4v) is 5.98. The van der Waals surface area contributed by atoms with Gasteiger partial charge in [-0.05, 0) is 62.4 Å². The highest BCUT2D eigenvalue weighted by molar-refractivity contribution is 7.89. The Morgan fingerprint density at radius 1 is 0.800 bits per heavy atom. The zero-order valence-electron chi connectivity index (χ0n) is 17.2. The van der Waals surface area contributed by atoms with Crippen molar-refractivity contribution in [1.82, 2.24) is 4.31 Å². The van der Waals surface area contributed by atoms with Gasteiger partial charge in [0.2, 0.25) is 10.0 Å². The lowest BCUT2D eigenvalue weighted by Gasteiger charge is -2.33. The Bertz CT molecular complexity index is 980. The molecule has 2 aliphatic heterocycles. The van der Waals surface area contributed by atoms with E-state index in [1.165, 1.54) is 6.42 Å². The molecule has 0 aliphatic carbocycles. The van der Waals surface area contributed by atoms with Gasteiger partial charge in [0, 0.05) is 37.4 Å². The van der Waals surface area contributed by atoms with Crippen LogP contribution in [0.2, 0.25) is 0 Å². The summed E-state index contributed by atoms with van der Waals surface area (Å²) in [7, 11) is -3.66. The second kappa shape index (κ2) is 9.18. The molecule has 0 aromatic heterocycles. The van der Waals surface area contributed by atoms with E-state index < -0.39 is 10.0 Å². The Kier molecular flexibility index (Phi) is 6.39. The Morgan fingerprint density at radius 3 is 2.10 bits per heavy atom. The van der Waals surface area contributed by atoms with Crippen LogP contribution in [0.5, 0.6) is 0 Å². The lowest BCUT2D eigenvalue weighted by atomic mass is 10.1. The molecule has 2 fully saturated rings.